The standard InChI is InChI=1S/C6H13NO2S.CH4/c1-2-4(10)3-5(7)6(8)9;/h4-5,10H,2-3,7H2,1H3,(H,8,9);1H4. The van der Waals surface area contributed by atoms with Gasteiger partial charge in [-0.25, -0.2) is 0 Å². The molecule has 4 heteroatoms. The molecule has 0 rings (SSSR count). The molecule has 0 aliphatic carbocycles. The Balaban J connectivity index is 0. The van der Waals surface area contributed by atoms with Crippen molar-refractivity contribution < 1.29 is 9.90 Å². The lowest BCUT2D eigenvalue weighted by Crippen LogP contribution is -2.32. The molecule has 0 bridgehead atoms. The van der Waals surface area contributed by atoms with Crippen LogP contribution in [0.25, 0.3) is 0 Å². The van der Waals surface area contributed by atoms with E-state index >= 15 is 0 Å². The van der Waals surface area contributed by atoms with Crippen molar-refractivity contribution in [2.75, 3.05) is 0 Å². The molecule has 0 aliphatic heterocycles. The third-order valence-corrected chi connectivity index (χ3v) is 1.89. The third kappa shape index (κ3) is 6.19. The summed E-state index contributed by atoms with van der Waals surface area (Å²) >= 11 is 4.12. The first-order valence-electron chi connectivity index (χ1n) is 3.24. The van der Waals surface area contributed by atoms with Crippen molar-refractivity contribution >= 4 is 18.6 Å². The molecule has 0 saturated carbocycles. The van der Waals surface area contributed by atoms with Crippen LogP contribution in [0.1, 0.15) is 27.2 Å². The molecular formula is C7H17NO2S. The van der Waals surface area contributed by atoms with Crippen LogP contribution in [-0.2, 0) is 4.79 Å². The van der Waals surface area contributed by atoms with Gasteiger partial charge in [0.2, 0.25) is 0 Å². The Morgan fingerprint density at radius 2 is 2.18 bits per heavy atom. The average Bonchev–Trinajstić information content (AvgIpc) is 1.87. The van der Waals surface area contributed by atoms with E-state index in [0.717, 1.165) is 6.42 Å². The molecule has 0 aliphatic rings. The summed E-state index contributed by atoms with van der Waals surface area (Å²) in [5.41, 5.74) is 5.24. The maximum absolute atomic E-state index is 10.2. The summed E-state index contributed by atoms with van der Waals surface area (Å²) < 4.78 is 0. The second-order valence-electron chi connectivity index (χ2n) is 2.24. The van der Waals surface area contributed by atoms with E-state index in [9.17, 15) is 4.79 Å². The molecule has 0 spiro atoms. The molecule has 0 saturated heterocycles. The molecule has 0 radical (unpaired) electrons. The van der Waals surface area contributed by atoms with Gasteiger partial charge in [-0.05, 0) is 12.8 Å². The number of carboxylic acid groups (broad SMARTS) is 1. The Morgan fingerprint density at radius 3 is 2.45 bits per heavy atom. The van der Waals surface area contributed by atoms with Gasteiger partial charge in [-0.1, -0.05) is 14.4 Å². The SMILES string of the molecule is C.CCC(S)CC(N)C(=O)O. The van der Waals surface area contributed by atoms with E-state index in [1.165, 1.54) is 0 Å². The molecule has 0 aromatic carbocycles. The zero-order valence-electron chi connectivity index (χ0n) is 5.95. The second-order valence-corrected chi connectivity index (χ2v) is 2.97. The number of aliphatic carboxylic acids is 1. The highest BCUT2D eigenvalue weighted by atomic mass is 32.1. The van der Waals surface area contributed by atoms with E-state index in [-0.39, 0.29) is 12.7 Å². The quantitative estimate of drug-likeness (QED) is 0.567. The number of hydrogen-bond donors (Lipinski definition) is 3. The largest absolute Gasteiger partial charge is 0.480 e. The molecule has 0 amide bonds. The van der Waals surface area contributed by atoms with Crippen molar-refractivity contribution in [1.82, 2.24) is 0 Å². The predicted molar refractivity (Wildman–Crippen MR) is 50.0 cm³/mol. The number of nitrogens with two attached hydrogens (primary N) is 1. The summed E-state index contributed by atoms with van der Waals surface area (Å²) in [6.45, 7) is 1.95. The van der Waals surface area contributed by atoms with Crippen LogP contribution in [0.3, 0.4) is 0 Å². The van der Waals surface area contributed by atoms with Crippen LogP contribution in [0.4, 0.5) is 0 Å². The Morgan fingerprint density at radius 1 is 1.73 bits per heavy atom. The van der Waals surface area contributed by atoms with E-state index in [2.05, 4.69) is 12.6 Å². The van der Waals surface area contributed by atoms with Gasteiger partial charge in [0.1, 0.15) is 6.04 Å². The number of carbonyl (C=O) groups is 1. The van der Waals surface area contributed by atoms with Gasteiger partial charge in [-0.2, -0.15) is 12.6 Å². The summed E-state index contributed by atoms with van der Waals surface area (Å²) in [6.07, 6.45) is 1.29. The minimum atomic E-state index is -0.951. The molecule has 0 fully saturated rings. The van der Waals surface area contributed by atoms with E-state index in [4.69, 9.17) is 10.8 Å². The average molecular weight is 179 g/mol. The highest BCUT2D eigenvalue weighted by Gasteiger charge is 2.14. The summed E-state index contributed by atoms with van der Waals surface area (Å²) in [7, 11) is 0. The Kier molecular flexibility index (Phi) is 7.89. The van der Waals surface area contributed by atoms with Gasteiger partial charge < -0.3 is 10.8 Å². The zero-order valence-corrected chi connectivity index (χ0v) is 6.84. The zero-order chi connectivity index (χ0) is 8.15. The van der Waals surface area contributed by atoms with Gasteiger partial charge >= 0.3 is 5.97 Å². The lowest BCUT2D eigenvalue weighted by molar-refractivity contribution is -0.138. The van der Waals surface area contributed by atoms with Gasteiger partial charge in [-0.3, -0.25) is 4.79 Å². The molecule has 68 valence electrons. The van der Waals surface area contributed by atoms with E-state index in [0.29, 0.717) is 6.42 Å². The highest BCUT2D eigenvalue weighted by Crippen LogP contribution is 2.07. The van der Waals surface area contributed by atoms with Crippen molar-refractivity contribution in [3.05, 3.63) is 0 Å². The first-order valence-corrected chi connectivity index (χ1v) is 3.76. The van der Waals surface area contributed by atoms with Crippen molar-refractivity contribution in [3.63, 3.8) is 0 Å². The summed E-state index contributed by atoms with van der Waals surface area (Å²) in [6, 6.07) is -0.762. The molecule has 3 nitrogen and oxygen atoms in total. The van der Waals surface area contributed by atoms with Crippen LogP contribution in [0, 0.1) is 0 Å². The van der Waals surface area contributed by atoms with Crippen LogP contribution in [-0.4, -0.2) is 22.4 Å². The van der Waals surface area contributed by atoms with Crippen LogP contribution < -0.4 is 5.73 Å². The molecule has 2 unspecified atom stereocenters. The van der Waals surface area contributed by atoms with Gasteiger partial charge in [0.25, 0.3) is 0 Å². The number of hydrogen-bond acceptors (Lipinski definition) is 3. The molecule has 0 aromatic rings. The fourth-order valence-corrected chi connectivity index (χ4v) is 0.788. The Hall–Kier alpha value is -0.220. The molecule has 0 heterocycles. The molecular weight excluding hydrogens is 162 g/mol. The predicted octanol–water partition coefficient (Wildman–Crippen LogP) is 1.13. The fourth-order valence-electron chi connectivity index (χ4n) is 0.561. The first kappa shape index (κ1) is 13.4. The molecule has 11 heavy (non-hydrogen) atoms. The van der Waals surface area contributed by atoms with Gasteiger partial charge in [-0.15, -0.1) is 0 Å². The van der Waals surface area contributed by atoms with Crippen LogP contribution in [0.15, 0.2) is 0 Å². The molecule has 2 atom stereocenters. The Bertz CT molecular complexity index is 119. The number of rotatable bonds is 4. The summed E-state index contributed by atoms with van der Waals surface area (Å²) in [5, 5.41) is 8.47. The number of carboxylic acids is 1. The lowest BCUT2D eigenvalue weighted by Gasteiger charge is -2.10. The first-order chi connectivity index (χ1) is 4.57. The van der Waals surface area contributed by atoms with Crippen LogP contribution in [0.5, 0.6) is 0 Å². The normalized spacial score (nSPS) is 14.8. The highest BCUT2D eigenvalue weighted by molar-refractivity contribution is 7.80. The molecule has 3 N–H and O–H groups in total. The minimum absolute atomic E-state index is 0. The van der Waals surface area contributed by atoms with Gasteiger partial charge in [0, 0.05) is 5.25 Å². The van der Waals surface area contributed by atoms with E-state index in [1.54, 1.807) is 0 Å². The van der Waals surface area contributed by atoms with Crippen LogP contribution in [0.2, 0.25) is 0 Å². The summed E-state index contributed by atoms with van der Waals surface area (Å²) in [5.74, 6) is -0.951. The topological polar surface area (TPSA) is 63.3 Å². The summed E-state index contributed by atoms with van der Waals surface area (Å²) in [4.78, 5) is 10.2. The minimum Gasteiger partial charge on any atom is -0.480 e. The second kappa shape index (κ2) is 6.49. The van der Waals surface area contributed by atoms with Crippen molar-refractivity contribution in [1.29, 1.82) is 0 Å². The maximum Gasteiger partial charge on any atom is 0.320 e. The third-order valence-electron chi connectivity index (χ3n) is 1.31. The van der Waals surface area contributed by atoms with Crippen molar-refractivity contribution in [2.45, 2.75) is 38.5 Å². The monoisotopic (exact) mass is 179 g/mol. The Labute approximate surface area is 73.4 Å². The van der Waals surface area contributed by atoms with E-state index < -0.39 is 12.0 Å². The van der Waals surface area contributed by atoms with E-state index in [1.807, 2.05) is 6.92 Å². The fraction of sp³-hybridized carbons (Fsp3) is 0.857. The van der Waals surface area contributed by atoms with Gasteiger partial charge in [0.05, 0.1) is 0 Å². The number of thiol groups is 1. The van der Waals surface area contributed by atoms with Crippen LogP contribution >= 0.6 is 12.6 Å². The maximum atomic E-state index is 10.2. The lowest BCUT2D eigenvalue weighted by atomic mass is 10.1. The van der Waals surface area contributed by atoms with Crippen molar-refractivity contribution in [2.24, 2.45) is 5.73 Å². The molecule has 0 aromatic heterocycles. The van der Waals surface area contributed by atoms with Crippen molar-refractivity contribution in [3.8, 4) is 0 Å². The van der Waals surface area contributed by atoms with Gasteiger partial charge in [0.15, 0.2) is 0 Å². The smallest absolute Gasteiger partial charge is 0.320 e.